The minimum Gasteiger partial charge on any atom is -0.497 e. The van der Waals surface area contributed by atoms with Crippen LogP contribution in [0.1, 0.15) is 25.3 Å². The van der Waals surface area contributed by atoms with Crippen LogP contribution in [-0.4, -0.2) is 63.0 Å². The Balaban J connectivity index is 1.83. The number of methoxy groups -OCH3 is 2. The van der Waals surface area contributed by atoms with Crippen LogP contribution in [0.5, 0.6) is 5.75 Å². The maximum atomic E-state index is 13.1. The highest BCUT2D eigenvalue weighted by atomic mass is 16.6. The number of carbonyl (C=O) groups excluding carboxylic acids is 2. The second-order valence-electron chi connectivity index (χ2n) is 7.83. The van der Waals surface area contributed by atoms with Crippen molar-refractivity contribution >= 4 is 17.7 Å². The van der Waals surface area contributed by atoms with Gasteiger partial charge in [0.05, 0.1) is 20.8 Å². The lowest BCUT2D eigenvalue weighted by Crippen LogP contribution is -2.63. The molecule has 0 saturated carbocycles. The van der Waals surface area contributed by atoms with E-state index in [2.05, 4.69) is 17.0 Å². The number of esters is 1. The third-order valence-electron chi connectivity index (χ3n) is 6.02. The number of carbonyl (C=O) groups is 2. The molecule has 1 aliphatic rings. The van der Waals surface area contributed by atoms with Gasteiger partial charge in [-0.15, -0.1) is 0 Å². The summed E-state index contributed by atoms with van der Waals surface area (Å²) in [5.41, 5.74) is 0.731. The van der Waals surface area contributed by atoms with Crippen molar-refractivity contribution in [3.63, 3.8) is 0 Å². The summed E-state index contributed by atoms with van der Waals surface area (Å²) in [5.74, 6) is 0.240. The minimum absolute atomic E-state index is 0.214. The Morgan fingerprint density at radius 3 is 2.22 bits per heavy atom. The van der Waals surface area contributed by atoms with E-state index in [9.17, 15) is 9.59 Å². The molecule has 2 aromatic carbocycles. The molecule has 1 heterocycles. The summed E-state index contributed by atoms with van der Waals surface area (Å²) in [5, 5.41) is 0. The molecule has 0 N–H and O–H groups in total. The largest absolute Gasteiger partial charge is 0.497 e. The number of rotatable bonds is 8. The summed E-state index contributed by atoms with van der Waals surface area (Å²) in [6.07, 6.45) is 1.30. The molecule has 0 aliphatic carbocycles. The molecule has 1 fully saturated rings. The molecule has 1 amide bonds. The Labute approximate surface area is 189 Å². The van der Waals surface area contributed by atoms with Crippen molar-refractivity contribution in [3.8, 4) is 5.75 Å². The monoisotopic (exact) mass is 440 g/mol. The van der Waals surface area contributed by atoms with Crippen LogP contribution in [0.4, 0.5) is 10.5 Å². The van der Waals surface area contributed by atoms with Gasteiger partial charge in [-0.25, -0.2) is 9.59 Å². The van der Waals surface area contributed by atoms with Gasteiger partial charge in [0.15, 0.2) is 5.54 Å². The van der Waals surface area contributed by atoms with Gasteiger partial charge in [-0.2, -0.15) is 0 Å². The van der Waals surface area contributed by atoms with Crippen LogP contribution in [0.2, 0.25) is 0 Å². The topological polar surface area (TPSA) is 68.3 Å². The number of likely N-dealkylation sites (tertiary alicyclic amines) is 1. The zero-order chi connectivity index (χ0) is 23.0. The fraction of sp³-hybridized carbons (Fsp3) is 0.440. The van der Waals surface area contributed by atoms with Gasteiger partial charge in [-0.3, -0.25) is 4.90 Å². The van der Waals surface area contributed by atoms with E-state index in [0.717, 1.165) is 13.0 Å². The zero-order valence-corrected chi connectivity index (χ0v) is 19.1. The number of anilines is 1. The van der Waals surface area contributed by atoms with Crippen LogP contribution < -0.4 is 9.64 Å². The Morgan fingerprint density at radius 1 is 1.00 bits per heavy atom. The summed E-state index contributed by atoms with van der Waals surface area (Å²) in [4.78, 5) is 30.0. The van der Waals surface area contributed by atoms with Crippen LogP contribution in [0.15, 0.2) is 54.6 Å². The van der Waals surface area contributed by atoms with E-state index < -0.39 is 17.6 Å². The number of ether oxygens (including phenoxy) is 3. The molecule has 0 aromatic heterocycles. The van der Waals surface area contributed by atoms with Gasteiger partial charge in [-0.1, -0.05) is 30.3 Å². The number of nitrogens with zero attached hydrogens (tertiary/aromatic N) is 2. The molecule has 0 unspecified atom stereocenters. The maximum absolute atomic E-state index is 13.1. The van der Waals surface area contributed by atoms with Crippen LogP contribution in [0.25, 0.3) is 0 Å². The molecule has 3 rings (SSSR count). The highest BCUT2D eigenvalue weighted by Crippen LogP contribution is 2.36. The van der Waals surface area contributed by atoms with Gasteiger partial charge >= 0.3 is 12.1 Å². The highest BCUT2D eigenvalue weighted by Gasteiger charge is 2.51. The van der Waals surface area contributed by atoms with E-state index in [0.29, 0.717) is 37.4 Å². The van der Waals surface area contributed by atoms with Crippen molar-refractivity contribution in [3.05, 3.63) is 60.2 Å². The van der Waals surface area contributed by atoms with E-state index in [1.807, 2.05) is 18.2 Å². The lowest BCUT2D eigenvalue weighted by atomic mass is 9.85. The molecule has 32 heavy (non-hydrogen) atoms. The highest BCUT2D eigenvalue weighted by molar-refractivity contribution is 5.99. The first-order chi connectivity index (χ1) is 15.5. The predicted molar refractivity (Wildman–Crippen MR) is 123 cm³/mol. The van der Waals surface area contributed by atoms with E-state index in [1.54, 1.807) is 38.3 Å². The smallest absolute Gasteiger partial charge is 0.415 e. The Morgan fingerprint density at radius 2 is 1.66 bits per heavy atom. The summed E-state index contributed by atoms with van der Waals surface area (Å²) in [6.45, 7) is 4.21. The molecule has 0 spiro atoms. The number of benzene rings is 2. The van der Waals surface area contributed by atoms with Crippen molar-refractivity contribution in [2.45, 2.75) is 31.7 Å². The van der Waals surface area contributed by atoms with Crippen molar-refractivity contribution in [1.29, 1.82) is 0 Å². The normalized spacial score (nSPS) is 15.6. The standard InChI is InChI=1S/C25H32N2O5/c1-4-32-24(29)27(21-10-12-22(30-2)13-11-21)25(23(28)31-3)15-18-26(19-16-25)17-14-20-8-6-5-7-9-20/h5-13H,4,14-19H2,1-3H3. The fourth-order valence-corrected chi connectivity index (χ4v) is 4.23. The number of hydrogen-bond acceptors (Lipinski definition) is 6. The lowest BCUT2D eigenvalue weighted by molar-refractivity contribution is -0.149. The Kier molecular flexibility index (Phi) is 8.11. The third kappa shape index (κ3) is 5.22. The molecule has 1 aliphatic heterocycles. The molecule has 0 radical (unpaired) electrons. The van der Waals surface area contributed by atoms with Gasteiger partial charge in [-0.05, 0) is 56.0 Å². The lowest BCUT2D eigenvalue weighted by Gasteiger charge is -2.45. The first-order valence-corrected chi connectivity index (χ1v) is 11.0. The summed E-state index contributed by atoms with van der Waals surface area (Å²) < 4.78 is 15.8. The average molecular weight is 441 g/mol. The van der Waals surface area contributed by atoms with Crippen molar-refractivity contribution in [2.24, 2.45) is 0 Å². The molecule has 7 nitrogen and oxygen atoms in total. The van der Waals surface area contributed by atoms with E-state index in [1.165, 1.54) is 17.6 Å². The maximum Gasteiger partial charge on any atom is 0.415 e. The predicted octanol–water partition coefficient (Wildman–Crippen LogP) is 3.91. The number of hydrogen-bond donors (Lipinski definition) is 0. The van der Waals surface area contributed by atoms with Crippen LogP contribution in [-0.2, 0) is 20.7 Å². The van der Waals surface area contributed by atoms with Crippen LogP contribution in [0.3, 0.4) is 0 Å². The minimum atomic E-state index is -1.13. The molecule has 0 atom stereocenters. The summed E-state index contributed by atoms with van der Waals surface area (Å²) in [6, 6.07) is 17.4. The van der Waals surface area contributed by atoms with E-state index >= 15 is 0 Å². The average Bonchev–Trinajstić information content (AvgIpc) is 2.84. The van der Waals surface area contributed by atoms with Gasteiger partial charge in [0.1, 0.15) is 5.75 Å². The SMILES string of the molecule is CCOC(=O)N(c1ccc(OC)cc1)C1(C(=O)OC)CCN(CCc2ccccc2)CC1. The van der Waals surface area contributed by atoms with Crippen LogP contribution in [0, 0.1) is 0 Å². The molecule has 1 saturated heterocycles. The Hall–Kier alpha value is -3.06. The molecular formula is C25H32N2O5. The van der Waals surface area contributed by atoms with Crippen molar-refractivity contribution in [2.75, 3.05) is 45.4 Å². The fourth-order valence-electron chi connectivity index (χ4n) is 4.23. The Bertz CT molecular complexity index is 877. The first-order valence-electron chi connectivity index (χ1n) is 11.0. The molecule has 2 aromatic rings. The van der Waals surface area contributed by atoms with E-state index in [4.69, 9.17) is 14.2 Å². The van der Waals surface area contributed by atoms with Crippen LogP contribution >= 0.6 is 0 Å². The zero-order valence-electron chi connectivity index (χ0n) is 19.1. The van der Waals surface area contributed by atoms with Gasteiger partial charge in [0.2, 0.25) is 0 Å². The second kappa shape index (κ2) is 11.0. The first kappa shape index (κ1) is 23.6. The summed E-state index contributed by atoms with van der Waals surface area (Å²) >= 11 is 0. The number of piperidine rings is 1. The number of amides is 1. The summed E-state index contributed by atoms with van der Waals surface area (Å²) in [7, 11) is 2.95. The second-order valence-corrected chi connectivity index (χ2v) is 7.83. The van der Waals surface area contributed by atoms with Gasteiger partial charge in [0, 0.05) is 25.3 Å². The van der Waals surface area contributed by atoms with Gasteiger partial charge < -0.3 is 19.1 Å². The molecular weight excluding hydrogens is 408 g/mol. The van der Waals surface area contributed by atoms with Crippen molar-refractivity contribution < 1.29 is 23.8 Å². The van der Waals surface area contributed by atoms with E-state index in [-0.39, 0.29) is 6.61 Å². The molecule has 0 bridgehead atoms. The third-order valence-corrected chi connectivity index (χ3v) is 6.02. The van der Waals surface area contributed by atoms with Gasteiger partial charge in [0.25, 0.3) is 0 Å². The molecule has 172 valence electrons. The quantitative estimate of drug-likeness (QED) is 0.580. The molecule has 7 heteroatoms. The van der Waals surface area contributed by atoms with Crippen molar-refractivity contribution in [1.82, 2.24) is 4.90 Å².